The number of furan rings is 1. The number of halogens is 1. The van der Waals surface area contributed by atoms with Crippen LogP contribution in [0.3, 0.4) is 0 Å². The Balaban J connectivity index is 1.24. The van der Waals surface area contributed by atoms with E-state index >= 15 is 0 Å². The molecule has 0 aliphatic carbocycles. The van der Waals surface area contributed by atoms with Crippen molar-refractivity contribution in [2.24, 2.45) is 0 Å². The molecule has 1 atom stereocenters. The summed E-state index contributed by atoms with van der Waals surface area (Å²) in [6.07, 6.45) is 5.95. The number of nitrogens with zero attached hydrogens (tertiary/aromatic N) is 3. The Kier molecular flexibility index (Phi) is 5.26. The lowest BCUT2D eigenvalue weighted by molar-refractivity contribution is 0.0906. The van der Waals surface area contributed by atoms with Crippen molar-refractivity contribution in [3.8, 4) is 0 Å². The summed E-state index contributed by atoms with van der Waals surface area (Å²) >= 11 is 6.44. The van der Waals surface area contributed by atoms with Gasteiger partial charge in [0.05, 0.1) is 17.5 Å². The summed E-state index contributed by atoms with van der Waals surface area (Å²) in [5, 5.41) is 6.73. The zero-order chi connectivity index (χ0) is 21.5. The monoisotopic (exact) mass is 446 g/mol. The molecule has 6 heteroatoms. The summed E-state index contributed by atoms with van der Waals surface area (Å²) in [5.41, 5.74) is 4.55. The molecule has 4 aromatic rings. The topological polar surface area (TPSA) is 44.5 Å². The van der Waals surface area contributed by atoms with Crippen LogP contribution in [0.4, 0.5) is 5.69 Å². The van der Waals surface area contributed by atoms with Crippen molar-refractivity contribution in [1.29, 1.82) is 0 Å². The molecular weight excluding hydrogens is 420 g/mol. The zero-order valence-corrected chi connectivity index (χ0v) is 18.8. The van der Waals surface area contributed by atoms with E-state index in [2.05, 4.69) is 56.5 Å². The number of benzene rings is 2. The van der Waals surface area contributed by atoms with E-state index in [0.29, 0.717) is 12.1 Å². The molecule has 2 aliphatic rings. The van der Waals surface area contributed by atoms with Gasteiger partial charge < -0.3 is 14.6 Å². The summed E-state index contributed by atoms with van der Waals surface area (Å²) in [7, 11) is 0. The normalized spacial score (nSPS) is 20.9. The second-order valence-corrected chi connectivity index (χ2v) is 9.29. The van der Waals surface area contributed by atoms with Gasteiger partial charge in [0.25, 0.3) is 0 Å². The van der Waals surface area contributed by atoms with Gasteiger partial charge >= 0.3 is 0 Å². The molecule has 2 aromatic carbocycles. The Labute approximate surface area is 193 Å². The predicted octanol–water partition coefficient (Wildman–Crippen LogP) is 5.25. The van der Waals surface area contributed by atoms with Gasteiger partial charge in [0, 0.05) is 66.8 Å². The van der Waals surface area contributed by atoms with E-state index in [1.54, 1.807) is 6.26 Å². The van der Waals surface area contributed by atoms with Gasteiger partial charge in [-0.1, -0.05) is 29.8 Å². The van der Waals surface area contributed by atoms with E-state index in [-0.39, 0.29) is 0 Å². The summed E-state index contributed by atoms with van der Waals surface area (Å²) in [5.74, 6) is 0. The smallest absolute Gasteiger partial charge is 0.134 e. The molecule has 5 nitrogen and oxygen atoms in total. The van der Waals surface area contributed by atoms with Crippen LogP contribution in [0.25, 0.3) is 21.9 Å². The van der Waals surface area contributed by atoms with Gasteiger partial charge in [0.15, 0.2) is 0 Å². The first-order valence-corrected chi connectivity index (χ1v) is 11.9. The number of hydrogen-bond donors (Lipinski definition) is 1. The number of pyridine rings is 1. The third-order valence-electron chi connectivity index (χ3n) is 7.10. The molecule has 0 amide bonds. The highest BCUT2D eigenvalue weighted by molar-refractivity contribution is 6.31. The van der Waals surface area contributed by atoms with Crippen molar-refractivity contribution < 1.29 is 4.42 Å². The van der Waals surface area contributed by atoms with E-state index in [1.165, 1.54) is 10.9 Å². The van der Waals surface area contributed by atoms with Crippen LogP contribution in [-0.2, 0) is 0 Å². The van der Waals surface area contributed by atoms with Crippen LogP contribution in [0.15, 0.2) is 65.4 Å². The first-order valence-electron chi connectivity index (χ1n) is 11.5. The van der Waals surface area contributed by atoms with Crippen LogP contribution in [0.2, 0.25) is 5.02 Å². The minimum atomic E-state index is 0.371. The average molecular weight is 447 g/mol. The molecule has 2 fully saturated rings. The van der Waals surface area contributed by atoms with Gasteiger partial charge in [-0.15, -0.1) is 0 Å². The van der Waals surface area contributed by atoms with Crippen LogP contribution in [0.5, 0.6) is 0 Å². The summed E-state index contributed by atoms with van der Waals surface area (Å²) in [4.78, 5) is 9.84. The first kappa shape index (κ1) is 20.0. The molecule has 6 rings (SSSR count). The summed E-state index contributed by atoms with van der Waals surface area (Å²) < 4.78 is 5.68. The van der Waals surface area contributed by atoms with Crippen molar-refractivity contribution >= 4 is 39.2 Å². The lowest BCUT2D eigenvalue weighted by Crippen LogP contribution is -2.53. The number of aromatic nitrogens is 1. The van der Waals surface area contributed by atoms with E-state index < -0.39 is 0 Å². The molecule has 0 radical (unpaired) electrons. The first-order chi connectivity index (χ1) is 15.8. The van der Waals surface area contributed by atoms with Gasteiger partial charge in [-0.2, -0.15) is 0 Å². The fourth-order valence-electron chi connectivity index (χ4n) is 5.57. The van der Waals surface area contributed by atoms with Crippen molar-refractivity contribution in [1.82, 2.24) is 15.2 Å². The third kappa shape index (κ3) is 3.54. The van der Waals surface area contributed by atoms with Crippen LogP contribution in [0, 0.1) is 0 Å². The molecule has 1 unspecified atom stereocenters. The van der Waals surface area contributed by atoms with E-state index in [1.807, 2.05) is 18.3 Å². The molecular formula is C26H27ClN4O. The van der Waals surface area contributed by atoms with Gasteiger partial charge in [0.1, 0.15) is 5.58 Å². The fourth-order valence-corrected chi connectivity index (χ4v) is 5.79. The largest absolute Gasteiger partial charge is 0.464 e. The molecule has 4 heterocycles. The molecule has 2 aliphatic heterocycles. The SMILES string of the molecule is Clc1cc(N2CCC(N3CCNCC3c3cccc4occc34)CC2)c2ncccc2c1. The standard InChI is InChI=1S/C26H27ClN4O/c27-19-15-18-3-2-9-29-26(18)23(16-19)30-11-6-20(7-12-30)31-13-10-28-17-24(31)21-4-1-5-25-22(21)8-14-32-25/h1-5,8-9,14-16,20,24,28H,6-7,10-13,17H2. The number of piperidine rings is 1. The van der Waals surface area contributed by atoms with Crippen LogP contribution >= 0.6 is 11.6 Å². The second-order valence-electron chi connectivity index (χ2n) is 8.86. The number of nitrogens with one attached hydrogen (secondary N) is 1. The minimum Gasteiger partial charge on any atom is -0.464 e. The Hall–Kier alpha value is -2.60. The highest BCUT2D eigenvalue weighted by Crippen LogP contribution is 2.35. The molecule has 164 valence electrons. The van der Waals surface area contributed by atoms with Crippen molar-refractivity contribution in [3.05, 3.63) is 71.6 Å². The lowest BCUT2D eigenvalue weighted by atomic mass is 9.94. The highest BCUT2D eigenvalue weighted by atomic mass is 35.5. The number of anilines is 1. The Morgan fingerprint density at radius 2 is 1.94 bits per heavy atom. The molecule has 2 saturated heterocycles. The van der Waals surface area contributed by atoms with Crippen molar-refractivity contribution in [3.63, 3.8) is 0 Å². The lowest BCUT2D eigenvalue weighted by Gasteiger charge is -2.45. The van der Waals surface area contributed by atoms with Crippen LogP contribution in [-0.4, -0.2) is 48.6 Å². The minimum absolute atomic E-state index is 0.371. The maximum atomic E-state index is 6.44. The van der Waals surface area contributed by atoms with Gasteiger partial charge in [0.2, 0.25) is 0 Å². The van der Waals surface area contributed by atoms with Crippen molar-refractivity contribution in [2.45, 2.75) is 24.9 Å². The van der Waals surface area contributed by atoms with Gasteiger partial charge in [-0.05, 0) is 48.7 Å². The Bertz CT molecular complexity index is 1250. The van der Waals surface area contributed by atoms with Gasteiger partial charge in [-0.25, -0.2) is 0 Å². The fraction of sp³-hybridized carbons (Fsp3) is 0.346. The Morgan fingerprint density at radius 3 is 2.84 bits per heavy atom. The number of rotatable bonds is 3. The zero-order valence-electron chi connectivity index (χ0n) is 18.0. The molecule has 1 N–H and O–H groups in total. The second kappa shape index (κ2) is 8.39. The van der Waals surface area contributed by atoms with Crippen molar-refractivity contribution in [2.75, 3.05) is 37.6 Å². The number of hydrogen-bond acceptors (Lipinski definition) is 5. The number of piperazine rings is 1. The third-order valence-corrected chi connectivity index (χ3v) is 7.32. The number of fused-ring (bicyclic) bond motifs is 2. The highest BCUT2D eigenvalue weighted by Gasteiger charge is 2.33. The summed E-state index contributed by atoms with van der Waals surface area (Å²) in [6.45, 7) is 5.13. The quantitative estimate of drug-likeness (QED) is 0.465. The van der Waals surface area contributed by atoms with E-state index in [9.17, 15) is 0 Å². The Morgan fingerprint density at radius 1 is 1.03 bits per heavy atom. The summed E-state index contributed by atoms with van der Waals surface area (Å²) in [6, 6.07) is 17.6. The average Bonchev–Trinajstić information content (AvgIpc) is 3.33. The molecule has 32 heavy (non-hydrogen) atoms. The molecule has 0 spiro atoms. The van der Waals surface area contributed by atoms with Gasteiger partial charge in [-0.3, -0.25) is 9.88 Å². The maximum absolute atomic E-state index is 6.44. The predicted molar refractivity (Wildman–Crippen MR) is 131 cm³/mol. The van der Waals surface area contributed by atoms with Crippen LogP contribution in [0.1, 0.15) is 24.4 Å². The van der Waals surface area contributed by atoms with Crippen LogP contribution < -0.4 is 10.2 Å². The van der Waals surface area contributed by atoms with E-state index in [4.69, 9.17) is 16.0 Å². The molecule has 0 bridgehead atoms. The van der Waals surface area contributed by atoms with E-state index in [0.717, 1.165) is 72.8 Å². The molecule has 0 saturated carbocycles. The molecule has 2 aromatic heterocycles. The maximum Gasteiger partial charge on any atom is 0.134 e.